The third-order valence-electron chi connectivity index (χ3n) is 5.37. The Morgan fingerprint density at radius 1 is 1.31 bits per heavy atom. The summed E-state index contributed by atoms with van der Waals surface area (Å²) in [6, 6.07) is 8.01. The number of hydrogen-bond acceptors (Lipinski definition) is 5. The molecule has 2 aliphatic rings. The number of hydrogen-bond donors (Lipinski definition) is 1. The fourth-order valence-electron chi connectivity index (χ4n) is 4.01. The number of rotatable bonds is 7. The molecule has 6 nitrogen and oxygen atoms in total. The van der Waals surface area contributed by atoms with Crippen LogP contribution in [-0.4, -0.2) is 57.5 Å². The number of nitrogens with zero attached hydrogens (tertiary/aromatic N) is 1. The van der Waals surface area contributed by atoms with Gasteiger partial charge in [0.2, 0.25) is 5.91 Å². The highest BCUT2D eigenvalue weighted by Gasteiger charge is 2.30. The summed E-state index contributed by atoms with van der Waals surface area (Å²) in [4.78, 5) is 14.7. The maximum Gasteiger partial charge on any atom is 0.220 e. The quantitative estimate of drug-likeness (QED) is 0.780. The molecule has 2 fully saturated rings. The molecule has 0 aromatic heterocycles. The summed E-state index contributed by atoms with van der Waals surface area (Å²) in [5.74, 6) is 1.08. The van der Waals surface area contributed by atoms with Gasteiger partial charge >= 0.3 is 0 Å². The Kier molecular flexibility index (Phi) is 6.19. The molecule has 7 heteroatoms. The van der Waals surface area contributed by atoms with Gasteiger partial charge in [-0.05, 0) is 44.3 Å². The van der Waals surface area contributed by atoms with Gasteiger partial charge in [-0.1, -0.05) is 18.2 Å². The number of ether oxygens (including phenoxy) is 1. The van der Waals surface area contributed by atoms with Gasteiger partial charge in [0, 0.05) is 18.5 Å². The minimum absolute atomic E-state index is 0.0449. The van der Waals surface area contributed by atoms with Crippen molar-refractivity contribution in [3.05, 3.63) is 29.8 Å². The molecule has 2 unspecified atom stereocenters. The van der Waals surface area contributed by atoms with Crippen LogP contribution in [0.5, 0.6) is 5.75 Å². The molecule has 3 rings (SSSR count). The predicted octanol–water partition coefficient (Wildman–Crippen LogP) is 1.77. The molecule has 2 atom stereocenters. The average Bonchev–Trinajstić information content (AvgIpc) is 3.25. The zero-order valence-corrected chi connectivity index (χ0v) is 16.1. The highest BCUT2D eigenvalue weighted by atomic mass is 32.2. The molecule has 1 aromatic rings. The smallest absolute Gasteiger partial charge is 0.220 e. The summed E-state index contributed by atoms with van der Waals surface area (Å²) in [6.07, 6.45) is 3.22. The van der Waals surface area contributed by atoms with Crippen LogP contribution >= 0.6 is 0 Å². The lowest BCUT2D eigenvalue weighted by molar-refractivity contribution is -0.122. The molecule has 1 amide bonds. The molecule has 1 N–H and O–H groups in total. The van der Waals surface area contributed by atoms with Gasteiger partial charge in [-0.3, -0.25) is 9.69 Å². The highest BCUT2D eigenvalue weighted by Crippen LogP contribution is 2.31. The molecule has 0 saturated carbocycles. The lowest BCUT2D eigenvalue weighted by atomic mass is 10.0. The summed E-state index contributed by atoms with van der Waals surface area (Å²) in [6.45, 7) is 2.54. The average molecular weight is 381 g/mol. The molecule has 26 heavy (non-hydrogen) atoms. The van der Waals surface area contributed by atoms with Gasteiger partial charge in [0.1, 0.15) is 5.75 Å². The van der Waals surface area contributed by atoms with Crippen molar-refractivity contribution >= 4 is 15.7 Å². The fraction of sp³-hybridized carbons (Fsp3) is 0.632. The minimum Gasteiger partial charge on any atom is -0.496 e. The van der Waals surface area contributed by atoms with Gasteiger partial charge in [-0.2, -0.15) is 0 Å². The molecule has 0 aliphatic carbocycles. The first-order valence-corrected chi connectivity index (χ1v) is 11.1. The van der Waals surface area contributed by atoms with Crippen molar-refractivity contribution in [3.63, 3.8) is 0 Å². The molecule has 2 aliphatic heterocycles. The van der Waals surface area contributed by atoms with E-state index in [0.29, 0.717) is 13.0 Å². The Balaban J connectivity index is 1.64. The summed E-state index contributed by atoms with van der Waals surface area (Å²) in [5.41, 5.74) is 1.08. The SMILES string of the molecule is COc1ccccc1C(CNC(=O)CC1CCS(=O)(=O)C1)N1CCCC1. The Bertz CT molecular complexity index is 729. The van der Waals surface area contributed by atoms with Crippen LogP contribution in [0, 0.1) is 5.92 Å². The van der Waals surface area contributed by atoms with Crippen molar-refractivity contribution < 1.29 is 17.9 Å². The molecule has 0 bridgehead atoms. The maximum absolute atomic E-state index is 12.4. The number of likely N-dealkylation sites (tertiary alicyclic amines) is 1. The second-order valence-electron chi connectivity index (χ2n) is 7.28. The first kappa shape index (κ1) is 19.2. The van der Waals surface area contributed by atoms with Gasteiger partial charge in [0.25, 0.3) is 0 Å². The third-order valence-corrected chi connectivity index (χ3v) is 7.21. The molecule has 0 spiro atoms. The van der Waals surface area contributed by atoms with Gasteiger partial charge in [-0.15, -0.1) is 0 Å². The van der Waals surface area contributed by atoms with Crippen LogP contribution in [0.4, 0.5) is 0 Å². The largest absolute Gasteiger partial charge is 0.496 e. The third kappa shape index (κ3) is 4.76. The predicted molar refractivity (Wildman–Crippen MR) is 101 cm³/mol. The van der Waals surface area contributed by atoms with Crippen molar-refractivity contribution in [2.75, 3.05) is 38.2 Å². The van der Waals surface area contributed by atoms with Crippen LogP contribution in [0.15, 0.2) is 24.3 Å². The van der Waals surface area contributed by atoms with E-state index >= 15 is 0 Å². The van der Waals surface area contributed by atoms with E-state index in [1.54, 1.807) is 7.11 Å². The fourth-order valence-corrected chi connectivity index (χ4v) is 5.87. The van der Waals surface area contributed by atoms with E-state index in [2.05, 4.69) is 16.3 Å². The van der Waals surface area contributed by atoms with E-state index in [9.17, 15) is 13.2 Å². The number of nitrogens with one attached hydrogen (secondary N) is 1. The van der Waals surface area contributed by atoms with Crippen LogP contribution in [0.3, 0.4) is 0 Å². The highest BCUT2D eigenvalue weighted by molar-refractivity contribution is 7.91. The van der Waals surface area contributed by atoms with E-state index in [1.807, 2.05) is 18.2 Å². The van der Waals surface area contributed by atoms with E-state index in [4.69, 9.17) is 4.74 Å². The lowest BCUT2D eigenvalue weighted by Crippen LogP contribution is -2.37. The number of para-hydroxylation sites is 1. The number of benzene rings is 1. The number of carbonyl (C=O) groups is 1. The van der Waals surface area contributed by atoms with Crippen molar-refractivity contribution in [1.82, 2.24) is 10.2 Å². The monoisotopic (exact) mass is 380 g/mol. The lowest BCUT2D eigenvalue weighted by Gasteiger charge is -2.29. The van der Waals surface area contributed by atoms with Crippen molar-refractivity contribution in [2.24, 2.45) is 5.92 Å². The van der Waals surface area contributed by atoms with Gasteiger partial charge < -0.3 is 10.1 Å². The number of sulfone groups is 1. The van der Waals surface area contributed by atoms with Crippen LogP contribution in [-0.2, 0) is 14.6 Å². The van der Waals surface area contributed by atoms with E-state index in [0.717, 1.165) is 24.4 Å². The second kappa shape index (κ2) is 8.39. The normalized spacial score (nSPS) is 23.7. The van der Waals surface area contributed by atoms with Crippen LogP contribution in [0.2, 0.25) is 0 Å². The van der Waals surface area contributed by atoms with Crippen LogP contribution in [0.1, 0.15) is 37.3 Å². The minimum atomic E-state index is -2.94. The molecule has 1 aromatic carbocycles. The summed E-state index contributed by atoms with van der Waals surface area (Å²) >= 11 is 0. The van der Waals surface area contributed by atoms with Gasteiger partial charge in [0.05, 0.1) is 24.7 Å². The Morgan fingerprint density at radius 2 is 2.04 bits per heavy atom. The first-order valence-electron chi connectivity index (χ1n) is 9.32. The standard InChI is InChI=1S/C19H28N2O4S/c1-25-18-7-3-2-6-16(18)17(21-9-4-5-10-21)13-20-19(22)12-15-8-11-26(23,24)14-15/h2-3,6-7,15,17H,4-5,8-14H2,1H3,(H,20,22). The summed E-state index contributed by atoms with van der Waals surface area (Å²) in [7, 11) is -1.28. The Hall–Kier alpha value is -1.60. The van der Waals surface area contributed by atoms with Crippen molar-refractivity contribution in [2.45, 2.75) is 31.7 Å². The molecular weight excluding hydrogens is 352 g/mol. The first-order chi connectivity index (χ1) is 12.5. The number of amides is 1. The molecule has 0 radical (unpaired) electrons. The van der Waals surface area contributed by atoms with E-state index in [1.165, 1.54) is 12.8 Å². The Morgan fingerprint density at radius 3 is 2.69 bits per heavy atom. The van der Waals surface area contributed by atoms with E-state index in [-0.39, 0.29) is 35.8 Å². The zero-order valence-electron chi connectivity index (χ0n) is 15.3. The van der Waals surface area contributed by atoms with Gasteiger partial charge in [-0.25, -0.2) is 8.42 Å². The number of methoxy groups -OCH3 is 1. The molecule has 144 valence electrons. The number of carbonyl (C=O) groups excluding carboxylic acids is 1. The van der Waals surface area contributed by atoms with E-state index < -0.39 is 9.84 Å². The van der Waals surface area contributed by atoms with Gasteiger partial charge in [0.15, 0.2) is 9.84 Å². The molecule has 2 saturated heterocycles. The molecular formula is C19H28N2O4S. The van der Waals surface area contributed by atoms with Crippen molar-refractivity contribution in [1.29, 1.82) is 0 Å². The van der Waals surface area contributed by atoms with Crippen LogP contribution < -0.4 is 10.1 Å². The Labute approximate surface area is 155 Å². The topological polar surface area (TPSA) is 75.7 Å². The second-order valence-corrected chi connectivity index (χ2v) is 9.51. The summed E-state index contributed by atoms with van der Waals surface area (Å²) < 4.78 is 28.6. The molecule has 2 heterocycles. The van der Waals surface area contributed by atoms with Crippen LogP contribution in [0.25, 0.3) is 0 Å². The zero-order chi connectivity index (χ0) is 18.6. The maximum atomic E-state index is 12.4. The summed E-state index contributed by atoms with van der Waals surface area (Å²) in [5, 5.41) is 3.03. The van der Waals surface area contributed by atoms with Crippen molar-refractivity contribution in [3.8, 4) is 5.75 Å².